The number of fused-ring (bicyclic) bond motifs is 3. The van der Waals surface area contributed by atoms with Gasteiger partial charge in [-0.05, 0) is 54.4 Å². The van der Waals surface area contributed by atoms with Crippen molar-refractivity contribution in [2.75, 3.05) is 0 Å². The van der Waals surface area contributed by atoms with Crippen LogP contribution in [0, 0.1) is 5.92 Å². The molecular weight excluding hydrogens is 318 g/mol. The van der Waals surface area contributed by atoms with Gasteiger partial charge in [-0.25, -0.2) is 0 Å². The van der Waals surface area contributed by atoms with Crippen LogP contribution in [0.2, 0.25) is 0 Å². The Morgan fingerprint density at radius 1 is 0.923 bits per heavy atom. The van der Waals surface area contributed by atoms with E-state index >= 15 is 0 Å². The maximum absolute atomic E-state index is 11.1. The van der Waals surface area contributed by atoms with Crippen molar-refractivity contribution >= 4 is 12.3 Å². The molecule has 4 rings (SSSR count). The number of carboxylic acids is 1. The Kier molecular flexibility index (Phi) is 7.96. The van der Waals surface area contributed by atoms with Crippen molar-refractivity contribution in [1.29, 1.82) is 0 Å². The molecule has 2 aromatic carbocycles. The van der Waals surface area contributed by atoms with Gasteiger partial charge in [-0.15, -0.1) is 6.07 Å². The van der Waals surface area contributed by atoms with Gasteiger partial charge >= 0.3 is 37.7 Å². The van der Waals surface area contributed by atoms with Gasteiger partial charge in [0.15, 0.2) is 0 Å². The SMILES string of the molecule is O=[C-]c1ccc2c(c1)Cc1cc3c(cc1C2)CC(C(=O)[O-])CC3.[Li+].[Li+].[OH-]. The maximum atomic E-state index is 11.1. The Morgan fingerprint density at radius 2 is 1.54 bits per heavy atom. The summed E-state index contributed by atoms with van der Waals surface area (Å²) < 4.78 is 0. The van der Waals surface area contributed by atoms with Crippen LogP contribution in [-0.2, 0) is 35.3 Å². The van der Waals surface area contributed by atoms with Gasteiger partial charge in [-0.3, -0.25) is 0 Å². The van der Waals surface area contributed by atoms with Gasteiger partial charge in [-0.1, -0.05) is 23.3 Å². The number of benzene rings is 2. The van der Waals surface area contributed by atoms with Crippen LogP contribution in [0.3, 0.4) is 0 Å². The summed E-state index contributed by atoms with van der Waals surface area (Å²) in [5, 5.41) is 11.1. The molecule has 0 saturated heterocycles. The van der Waals surface area contributed by atoms with Crippen molar-refractivity contribution in [3.8, 4) is 0 Å². The van der Waals surface area contributed by atoms with Crippen molar-refractivity contribution in [3.63, 3.8) is 0 Å². The molecule has 124 valence electrons. The molecule has 0 heterocycles. The van der Waals surface area contributed by atoms with Crippen LogP contribution >= 0.6 is 0 Å². The third-order valence-corrected chi connectivity index (χ3v) is 5.17. The van der Waals surface area contributed by atoms with E-state index in [0.717, 1.165) is 24.8 Å². The third-order valence-electron chi connectivity index (χ3n) is 5.17. The molecule has 2 aliphatic rings. The van der Waals surface area contributed by atoms with E-state index in [1.807, 2.05) is 18.4 Å². The smallest absolute Gasteiger partial charge is 0.870 e. The quantitative estimate of drug-likeness (QED) is 0.348. The summed E-state index contributed by atoms with van der Waals surface area (Å²) in [5.41, 5.74) is 8.03. The van der Waals surface area contributed by atoms with Crippen molar-refractivity contribution in [2.24, 2.45) is 5.92 Å². The molecule has 0 bridgehead atoms. The summed E-state index contributed by atoms with van der Waals surface area (Å²) in [6.45, 7) is 0. The molecule has 2 aromatic rings. The Bertz CT molecular complexity index is 833. The van der Waals surface area contributed by atoms with Crippen molar-refractivity contribution in [3.05, 3.63) is 69.3 Å². The zero-order valence-electron chi connectivity index (χ0n) is 15.2. The molecule has 0 amide bonds. The summed E-state index contributed by atoms with van der Waals surface area (Å²) in [4.78, 5) is 22.0. The number of hydrogen-bond acceptors (Lipinski definition) is 4. The van der Waals surface area contributed by atoms with E-state index in [2.05, 4.69) is 12.1 Å². The molecule has 0 saturated carbocycles. The largest absolute Gasteiger partial charge is 1.00 e. The van der Waals surface area contributed by atoms with Crippen molar-refractivity contribution in [2.45, 2.75) is 32.1 Å². The van der Waals surface area contributed by atoms with Gasteiger partial charge in [0.2, 0.25) is 0 Å². The van der Waals surface area contributed by atoms with E-state index < -0.39 is 5.97 Å². The summed E-state index contributed by atoms with van der Waals surface area (Å²) >= 11 is 0. The zero-order chi connectivity index (χ0) is 16.0. The van der Waals surface area contributed by atoms with Gasteiger partial charge < -0.3 is 20.2 Å². The fourth-order valence-corrected chi connectivity index (χ4v) is 3.88. The van der Waals surface area contributed by atoms with E-state index in [0.29, 0.717) is 18.4 Å². The van der Waals surface area contributed by atoms with E-state index in [1.165, 1.54) is 27.8 Å². The second kappa shape index (κ2) is 9.09. The first-order valence-electron chi connectivity index (χ1n) is 7.98. The average molecular weight is 335 g/mol. The normalized spacial score (nSPS) is 16.4. The Hall–Kier alpha value is -1.27. The molecule has 6 heteroatoms. The van der Waals surface area contributed by atoms with Gasteiger partial charge in [0.25, 0.3) is 0 Å². The van der Waals surface area contributed by atoms with Crippen molar-refractivity contribution in [1.82, 2.24) is 0 Å². The minimum Gasteiger partial charge on any atom is -0.870 e. The van der Waals surface area contributed by atoms with Gasteiger partial charge in [-0.2, -0.15) is 17.7 Å². The van der Waals surface area contributed by atoms with Crippen LogP contribution in [0.4, 0.5) is 0 Å². The predicted molar refractivity (Wildman–Crippen MR) is 85.7 cm³/mol. The van der Waals surface area contributed by atoms with Gasteiger partial charge in [0.05, 0.1) is 6.29 Å². The average Bonchev–Trinajstić information content (AvgIpc) is 2.57. The summed E-state index contributed by atoms with van der Waals surface area (Å²) in [6, 6.07) is 10.2. The number of aryl methyl sites for hydroxylation is 1. The van der Waals surface area contributed by atoms with Crippen LogP contribution in [0.15, 0.2) is 30.3 Å². The molecule has 0 spiro atoms. The Balaban J connectivity index is 0.00000113. The van der Waals surface area contributed by atoms with Crippen LogP contribution in [0.1, 0.15) is 45.4 Å². The van der Waals surface area contributed by atoms with Crippen LogP contribution in [0.5, 0.6) is 0 Å². The van der Waals surface area contributed by atoms with Gasteiger partial charge in [0.1, 0.15) is 0 Å². The second-order valence-electron chi connectivity index (χ2n) is 6.59. The van der Waals surface area contributed by atoms with Crippen LogP contribution in [-0.4, -0.2) is 17.7 Å². The molecule has 26 heavy (non-hydrogen) atoms. The Morgan fingerprint density at radius 3 is 2.19 bits per heavy atom. The number of rotatable bonds is 2. The topological polar surface area (TPSA) is 87.2 Å². The third kappa shape index (κ3) is 4.17. The first-order valence-corrected chi connectivity index (χ1v) is 7.98. The predicted octanol–water partition coefficient (Wildman–Crippen LogP) is -4.67. The Labute approximate surface area is 177 Å². The number of carboxylic acid groups (broad SMARTS) is 1. The van der Waals surface area contributed by atoms with Crippen LogP contribution < -0.4 is 42.8 Å². The van der Waals surface area contributed by atoms with E-state index in [-0.39, 0.29) is 49.1 Å². The number of carbonyl (C=O) groups excluding carboxylic acids is 2. The zero-order valence-corrected chi connectivity index (χ0v) is 15.2. The number of carbonyl (C=O) groups is 1. The van der Waals surface area contributed by atoms with E-state index in [9.17, 15) is 14.7 Å². The van der Waals surface area contributed by atoms with Gasteiger partial charge in [0, 0.05) is 11.9 Å². The molecule has 1 atom stereocenters. The fourth-order valence-electron chi connectivity index (χ4n) is 3.88. The first kappa shape index (κ1) is 22.8. The summed E-state index contributed by atoms with van der Waals surface area (Å²) in [7, 11) is 0. The number of aliphatic carboxylic acids is 1. The maximum Gasteiger partial charge on any atom is 1.00 e. The van der Waals surface area contributed by atoms with E-state index in [4.69, 9.17) is 0 Å². The molecule has 0 aliphatic heterocycles. The van der Waals surface area contributed by atoms with Crippen molar-refractivity contribution < 1.29 is 57.9 Å². The summed E-state index contributed by atoms with van der Waals surface area (Å²) in [6.07, 6.45) is 5.67. The molecule has 4 nitrogen and oxygen atoms in total. The number of hydrogen-bond donors (Lipinski definition) is 0. The molecule has 2 aliphatic carbocycles. The molecular formula is C20H17Li2O4-. The summed E-state index contributed by atoms with van der Waals surface area (Å²) in [5.74, 6) is -1.29. The first-order chi connectivity index (χ1) is 11.1. The molecule has 1 N–H and O–H groups in total. The molecule has 0 radical (unpaired) electrons. The molecule has 0 aromatic heterocycles. The monoisotopic (exact) mass is 335 g/mol. The minimum atomic E-state index is -0.934. The van der Waals surface area contributed by atoms with E-state index in [1.54, 1.807) is 6.07 Å². The second-order valence-corrected chi connectivity index (χ2v) is 6.59. The standard InChI is InChI=1S/C20H17O3.2Li.H2O/c21-11-12-1-2-13-6-19-10-17-8-15(20(22)23)4-3-14(17)7-18(19)9-16(13)5-12;;;/h1-2,5,7,10,15H,3-4,6,8-9H2,(H,22,23);;;1H2/q-1;2*+1;/p-2. The molecule has 0 fully saturated rings. The fraction of sp³-hybridized carbons (Fsp3) is 0.300. The minimum absolute atomic E-state index is 0. The molecule has 1 unspecified atom stereocenters. The van der Waals surface area contributed by atoms with Crippen LogP contribution in [0.25, 0.3) is 0 Å².